The first-order valence-electron chi connectivity index (χ1n) is 22.6. The number of furan rings is 1. The molecule has 0 unspecified atom stereocenters. The largest absolute Gasteiger partial charge is 0.457 e. The van der Waals surface area contributed by atoms with Crippen molar-refractivity contribution in [2.24, 2.45) is 0 Å². The van der Waals surface area contributed by atoms with Gasteiger partial charge in [-0.25, -0.2) is 0 Å². The Hall–Kier alpha value is -8.14. The topological polar surface area (TPSA) is 25.6 Å². The lowest BCUT2D eigenvalue weighted by molar-refractivity contribution is 0.436. The molecule has 3 heteroatoms. The van der Waals surface area contributed by atoms with Crippen molar-refractivity contribution in [3.05, 3.63) is 246 Å². The van der Waals surface area contributed by atoms with Gasteiger partial charge in [0.2, 0.25) is 0 Å². The van der Waals surface area contributed by atoms with Crippen LogP contribution in [0.3, 0.4) is 0 Å². The van der Waals surface area contributed by atoms with Crippen LogP contribution in [0.1, 0.15) is 47.2 Å². The van der Waals surface area contributed by atoms with Crippen molar-refractivity contribution in [1.29, 1.82) is 0 Å². The van der Waals surface area contributed by atoms with Crippen molar-refractivity contribution in [3.63, 3.8) is 0 Å². The summed E-state index contributed by atoms with van der Waals surface area (Å²) in [6.45, 7) is 4.73. The van der Waals surface area contributed by atoms with E-state index in [0.29, 0.717) is 0 Å². The number of benzene rings is 10. The molecular formula is C62H41NO2. The normalized spacial score (nSPS) is 14.4. The van der Waals surface area contributed by atoms with Crippen molar-refractivity contribution < 1.29 is 9.15 Å². The Bertz CT molecular complexity index is 3770. The highest BCUT2D eigenvalue weighted by atomic mass is 16.5. The molecule has 0 fully saturated rings. The average molecular weight is 832 g/mol. The van der Waals surface area contributed by atoms with E-state index < -0.39 is 5.41 Å². The van der Waals surface area contributed by atoms with E-state index >= 15 is 0 Å². The zero-order valence-corrected chi connectivity index (χ0v) is 36.0. The molecular weight excluding hydrogens is 791 g/mol. The number of hydrogen-bond acceptors (Lipinski definition) is 3. The molecule has 0 saturated heterocycles. The van der Waals surface area contributed by atoms with Gasteiger partial charge in [0.1, 0.15) is 22.7 Å². The van der Waals surface area contributed by atoms with E-state index in [-0.39, 0.29) is 5.41 Å². The smallest absolute Gasteiger partial charge is 0.136 e. The van der Waals surface area contributed by atoms with Crippen molar-refractivity contribution in [2.75, 3.05) is 4.90 Å². The summed E-state index contributed by atoms with van der Waals surface area (Å²) in [5, 5.41) is 4.56. The number of nitrogens with zero attached hydrogens (tertiary/aromatic N) is 1. The Morgan fingerprint density at radius 1 is 0.385 bits per heavy atom. The monoisotopic (exact) mass is 831 g/mol. The highest BCUT2D eigenvalue weighted by Crippen LogP contribution is 2.63. The zero-order valence-electron chi connectivity index (χ0n) is 36.0. The van der Waals surface area contributed by atoms with Crippen LogP contribution in [0.4, 0.5) is 17.1 Å². The molecule has 14 rings (SSSR count). The number of anilines is 3. The Kier molecular flexibility index (Phi) is 7.38. The third-order valence-electron chi connectivity index (χ3n) is 14.7. The van der Waals surface area contributed by atoms with E-state index in [4.69, 9.17) is 9.15 Å². The molecule has 10 aromatic carbocycles. The molecule has 306 valence electrons. The maximum absolute atomic E-state index is 6.95. The predicted molar refractivity (Wildman–Crippen MR) is 266 cm³/mol. The van der Waals surface area contributed by atoms with Gasteiger partial charge in [-0.2, -0.15) is 0 Å². The Labute approximate surface area is 377 Å². The lowest BCUT2D eigenvalue weighted by Crippen LogP contribution is -2.32. The molecule has 0 saturated carbocycles. The number of hydrogen-bond donors (Lipinski definition) is 0. The predicted octanol–water partition coefficient (Wildman–Crippen LogP) is 16.7. The van der Waals surface area contributed by atoms with Gasteiger partial charge in [0.05, 0.1) is 11.1 Å². The van der Waals surface area contributed by atoms with Crippen LogP contribution < -0.4 is 9.64 Å². The van der Waals surface area contributed by atoms with E-state index in [1.807, 2.05) is 6.07 Å². The number of ether oxygens (including phenoxy) is 1. The molecule has 1 aliphatic heterocycles. The van der Waals surface area contributed by atoms with Crippen molar-refractivity contribution in [3.8, 4) is 44.9 Å². The molecule has 3 aliphatic rings. The quantitative estimate of drug-likeness (QED) is 0.177. The molecule has 11 aromatic rings. The Morgan fingerprint density at radius 2 is 0.938 bits per heavy atom. The van der Waals surface area contributed by atoms with E-state index in [1.165, 1.54) is 44.5 Å². The summed E-state index contributed by atoms with van der Waals surface area (Å²) in [6.07, 6.45) is 0. The van der Waals surface area contributed by atoms with Crippen LogP contribution in [0.25, 0.3) is 66.1 Å². The third-order valence-corrected chi connectivity index (χ3v) is 14.7. The maximum atomic E-state index is 6.95. The highest BCUT2D eigenvalue weighted by molar-refractivity contribution is 6.14. The molecule has 0 radical (unpaired) electrons. The highest BCUT2D eigenvalue weighted by Gasteiger charge is 2.51. The first-order chi connectivity index (χ1) is 32.0. The fourth-order valence-corrected chi connectivity index (χ4v) is 11.9. The van der Waals surface area contributed by atoms with Crippen LogP contribution in [0.2, 0.25) is 0 Å². The van der Waals surface area contributed by atoms with E-state index in [9.17, 15) is 0 Å². The van der Waals surface area contributed by atoms with Gasteiger partial charge < -0.3 is 14.1 Å². The average Bonchev–Trinajstić information content (AvgIpc) is 3.96. The van der Waals surface area contributed by atoms with Crippen LogP contribution in [0.15, 0.2) is 217 Å². The number of para-hydroxylation sites is 2. The molecule has 1 aromatic heterocycles. The standard InChI is InChI=1S/C62H41NO2/c1-61(2)49-23-9-5-18-44(49)47-32-30-40(36-53(47)61)63(55-35-39(34-38-16-3-4-17-42(38)55)43-22-15-29-59-60(43)48-21-8-13-27-56(48)64-59)41-31-33-58-54(37-41)62(52-26-12-14-28-57(52)65-58)50-24-10-6-19-45(50)46-20-7-11-25-51(46)62/h3-37H,1-2H3. The molecule has 0 bridgehead atoms. The van der Waals surface area contributed by atoms with Gasteiger partial charge in [0.25, 0.3) is 0 Å². The maximum Gasteiger partial charge on any atom is 0.136 e. The van der Waals surface area contributed by atoms with E-state index in [2.05, 4.69) is 225 Å². The molecule has 0 N–H and O–H groups in total. The van der Waals surface area contributed by atoms with Crippen LogP contribution in [-0.2, 0) is 10.8 Å². The van der Waals surface area contributed by atoms with Gasteiger partial charge in [-0.05, 0) is 122 Å². The summed E-state index contributed by atoms with van der Waals surface area (Å²) in [5.41, 5.74) is 19.1. The Morgan fingerprint density at radius 3 is 1.72 bits per heavy atom. The first kappa shape index (κ1) is 36.4. The summed E-state index contributed by atoms with van der Waals surface area (Å²) < 4.78 is 13.4. The third kappa shape index (κ3) is 4.90. The number of rotatable bonds is 4. The summed E-state index contributed by atoms with van der Waals surface area (Å²) in [6, 6.07) is 77.8. The summed E-state index contributed by atoms with van der Waals surface area (Å²) in [7, 11) is 0. The molecule has 3 nitrogen and oxygen atoms in total. The van der Waals surface area contributed by atoms with Crippen LogP contribution in [-0.4, -0.2) is 0 Å². The van der Waals surface area contributed by atoms with Gasteiger partial charge in [-0.1, -0.05) is 166 Å². The number of fused-ring (bicyclic) bond motifs is 16. The lowest BCUT2D eigenvalue weighted by atomic mass is 9.66. The van der Waals surface area contributed by atoms with E-state index in [0.717, 1.165) is 83.5 Å². The van der Waals surface area contributed by atoms with E-state index in [1.54, 1.807) is 0 Å². The molecule has 65 heavy (non-hydrogen) atoms. The van der Waals surface area contributed by atoms with Crippen LogP contribution in [0.5, 0.6) is 11.5 Å². The molecule has 1 spiro atoms. The van der Waals surface area contributed by atoms with Crippen LogP contribution in [0, 0.1) is 0 Å². The van der Waals surface area contributed by atoms with Gasteiger partial charge in [0, 0.05) is 44.1 Å². The van der Waals surface area contributed by atoms with Gasteiger partial charge in [0.15, 0.2) is 0 Å². The molecule has 0 atom stereocenters. The second-order valence-electron chi connectivity index (χ2n) is 18.3. The minimum atomic E-state index is -0.609. The fraction of sp³-hybridized carbons (Fsp3) is 0.0645. The van der Waals surface area contributed by atoms with Gasteiger partial charge in [-0.15, -0.1) is 0 Å². The summed E-state index contributed by atoms with van der Waals surface area (Å²) in [4.78, 5) is 2.50. The van der Waals surface area contributed by atoms with Gasteiger partial charge in [-0.3, -0.25) is 0 Å². The molecule has 0 amide bonds. The zero-order chi connectivity index (χ0) is 43.0. The van der Waals surface area contributed by atoms with Gasteiger partial charge >= 0.3 is 0 Å². The minimum absolute atomic E-state index is 0.190. The summed E-state index contributed by atoms with van der Waals surface area (Å²) >= 11 is 0. The summed E-state index contributed by atoms with van der Waals surface area (Å²) in [5.74, 6) is 1.75. The first-order valence-corrected chi connectivity index (χ1v) is 22.6. The van der Waals surface area contributed by atoms with Crippen molar-refractivity contribution in [1.82, 2.24) is 0 Å². The molecule has 2 aliphatic carbocycles. The fourth-order valence-electron chi connectivity index (χ4n) is 11.9. The van der Waals surface area contributed by atoms with Crippen molar-refractivity contribution in [2.45, 2.75) is 24.7 Å². The van der Waals surface area contributed by atoms with Crippen molar-refractivity contribution >= 4 is 49.8 Å². The Balaban J connectivity index is 1.07. The van der Waals surface area contributed by atoms with Crippen LogP contribution >= 0.6 is 0 Å². The SMILES string of the molecule is CC1(C)c2ccccc2-c2ccc(N(c3ccc4c(c3)C3(c5ccccc5O4)c4ccccc4-c4ccccc43)c3cc(-c4cccc5oc6ccccc6c45)cc4ccccc34)cc21. The lowest BCUT2D eigenvalue weighted by Gasteiger charge is -2.40. The second-order valence-corrected chi connectivity index (χ2v) is 18.3. The molecule has 2 heterocycles. The minimum Gasteiger partial charge on any atom is -0.457 e. The second kappa shape index (κ2) is 13.2.